The van der Waals surface area contributed by atoms with Gasteiger partial charge in [-0.2, -0.15) is 5.10 Å². The van der Waals surface area contributed by atoms with Crippen molar-refractivity contribution in [1.29, 1.82) is 0 Å². The van der Waals surface area contributed by atoms with Gasteiger partial charge in [-0.05, 0) is 29.7 Å². The average molecular weight is 476 g/mol. The van der Waals surface area contributed by atoms with Crippen LogP contribution in [-0.2, 0) is 34.1 Å². The number of carbonyl (C=O) groups excluding carboxylic acids is 4. The molecule has 11 heteroatoms. The zero-order valence-electron chi connectivity index (χ0n) is 18.8. The second kappa shape index (κ2) is 10.2. The Labute approximate surface area is 200 Å². The van der Waals surface area contributed by atoms with Crippen LogP contribution in [0.1, 0.15) is 39.9 Å². The van der Waals surface area contributed by atoms with E-state index in [0.29, 0.717) is 23.3 Å². The van der Waals surface area contributed by atoms with Crippen LogP contribution in [0.25, 0.3) is 0 Å². The minimum absolute atomic E-state index is 0.0151. The van der Waals surface area contributed by atoms with Crippen molar-refractivity contribution in [2.24, 2.45) is 21.7 Å². The fraction of sp³-hybridized carbons (Fsp3) is 0.250. The van der Waals surface area contributed by atoms with Crippen molar-refractivity contribution in [1.82, 2.24) is 10.2 Å². The van der Waals surface area contributed by atoms with Gasteiger partial charge in [-0.25, -0.2) is 0 Å². The molecule has 4 amide bonds. The van der Waals surface area contributed by atoms with Gasteiger partial charge >= 0.3 is 0 Å². The van der Waals surface area contributed by atoms with Gasteiger partial charge in [0.15, 0.2) is 0 Å². The maximum Gasteiger partial charge on any atom is 0.268 e. The lowest BCUT2D eigenvalue weighted by Crippen LogP contribution is -2.52. The summed E-state index contributed by atoms with van der Waals surface area (Å²) in [5, 5.41) is 5.57. The van der Waals surface area contributed by atoms with Crippen LogP contribution >= 0.6 is 0 Å². The van der Waals surface area contributed by atoms with Gasteiger partial charge in [0.1, 0.15) is 24.1 Å². The molecule has 35 heavy (non-hydrogen) atoms. The van der Waals surface area contributed by atoms with E-state index < -0.39 is 17.9 Å². The number of hydrogen-bond acceptors (Lipinski definition) is 8. The average Bonchev–Trinajstić information content (AvgIpc) is 3.17. The zero-order valence-corrected chi connectivity index (χ0v) is 18.8. The summed E-state index contributed by atoms with van der Waals surface area (Å²) in [5.41, 5.74) is 8.16. The van der Waals surface area contributed by atoms with Gasteiger partial charge < -0.3 is 21.2 Å². The van der Waals surface area contributed by atoms with E-state index in [-0.39, 0.29) is 43.6 Å². The molecule has 180 valence electrons. The predicted molar refractivity (Wildman–Crippen MR) is 126 cm³/mol. The number of primary amides is 1. The molecule has 11 nitrogen and oxygen atoms in total. The minimum atomic E-state index is -0.714. The molecule has 1 unspecified atom stereocenters. The summed E-state index contributed by atoms with van der Waals surface area (Å²) in [6, 6.07) is 12.0. The number of imide groups is 1. The summed E-state index contributed by atoms with van der Waals surface area (Å²) >= 11 is 0. The van der Waals surface area contributed by atoms with Crippen LogP contribution in [0.3, 0.4) is 0 Å². The van der Waals surface area contributed by atoms with Crippen LogP contribution in [0.4, 0.5) is 0 Å². The van der Waals surface area contributed by atoms with Crippen LogP contribution in [0.5, 0.6) is 5.75 Å². The number of hydrazone groups is 1. The van der Waals surface area contributed by atoms with Crippen molar-refractivity contribution < 1.29 is 23.9 Å². The molecule has 2 aromatic carbocycles. The molecule has 1 saturated heterocycles. The van der Waals surface area contributed by atoms with Gasteiger partial charge in [0.05, 0.1) is 19.3 Å². The van der Waals surface area contributed by atoms with E-state index in [2.05, 4.69) is 15.4 Å². The Balaban J connectivity index is 1.41. The molecule has 0 saturated carbocycles. The molecule has 0 spiro atoms. The highest BCUT2D eigenvalue weighted by atomic mass is 16.5. The van der Waals surface area contributed by atoms with Gasteiger partial charge in [-0.1, -0.05) is 30.3 Å². The largest absolute Gasteiger partial charge is 0.489 e. The molecular weight excluding hydrogens is 452 g/mol. The number of fused-ring (bicyclic) bond motifs is 1. The Hall–Kier alpha value is -4.54. The minimum Gasteiger partial charge on any atom is -0.489 e. The number of amides is 4. The molecule has 0 radical (unpaired) electrons. The van der Waals surface area contributed by atoms with Crippen LogP contribution in [0.2, 0.25) is 0 Å². The van der Waals surface area contributed by atoms with E-state index in [1.54, 1.807) is 18.2 Å². The molecular formula is C24H24N6O5. The first kappa shape index (κ1) is 23.6. The summed E-state index contributed by atoms with van der Waals surface area (Å²) in [6.45, 7) is 0.733. The number of nitrogens with zero attached hydrogens (tertiary/aromatic N) is 3. The van der Waals surface area contributed by atoms with E-state index >= 15 is 0 Å². The molecule has 0 aliphatic carbocycles. The second-order valence-electron chi connectivity index (χ2n) is 8.13. The van der Waals surface area contributed by atoms with Crippen LogP contribution in [0, 0.1) is 0 Å². The fourth-order valence-corrected chi connectivity index (χ4v) is 4.02. The third kappa shape index (κ3) is 5.18. The van der Waals surface area contributed by atoms with E-state index in [9.17, 15) is 19.2 Å². The number of ether oxygens (including phenoxy) is 1. The molecule has 2 heterocycles. The van der Waals surface area contributed by atoms with Crippen molar-refractivity contribution in [3.05, 3.63) is 64.7 Å². The van der Waals surface area contributed by atoms with E-state index in [0.717, 1.165) is 17.3 Å². The maximum atomic E-state index is 12.9. The highest BCUT2D eigenvalue weighted by Crippen LogP contribution is 2.33. The number of nitrogens with two attached hydrogens (primary N) is 2. The van der Waals surface area contributed by atoms with Gasteiger partial charge in [-0.15, -0.1) is 0 Å². The van der Waals surface area contributed by atoms with Crippen molar-refractivity contribution in [3.63, 3.8) is 0 Å². The molecule has 2 aliphatic rings. The predicted octanol–water partition coefficient (Wildman–Crippen LogP) is 0.397. The Kier molecular flexibility index (Phi) is 6.86. The summed E-state index contributed by atoms with van der Waals surface area (Å²) in [4.78, 5) is 53.5. The maximum absolute atomic E-state index is 12.9. The Morgan fingerprint density at radius 2 is 1.89 bits per heavy atom. The molecule has 5 N–H and O–H groups in total. The second-order valence-corrected chi connectivity index (χ2v) is 8.13. The molecule has 2 aromatic rings. The number of piperidine rings is 1. The third-order valence-corrected chi connectivity index (χ3v) is 5.84. The summed E-state index contributed by atoms with van der Waals surface area (Å²) in [6.07, 6.45) is 1.61. The van der Waals surface area contributed by atoms with Gasteiger partial charge in [0, 0.05) is 17.5 Å². The van der Waals surface area contributed by atoms with E-state index in [4.69, 9.17) is 16.3 Å². The number of aliphatic imine (C=N–C) groups is 1. The zero-order chi connectivity index (χ0) is 24.9. The topological polar surface area (TPSA) is 170 Å². The van der Waals surface area contributed by atoms with Gasteiger partial charge in [0.2, 0.25) is 11.8 Å². The van der Waals surface area contributed by atoms with Crippen LogP contribution < -0.4 is 21.6 Å². The van der Waals surface area contributed by atoms with Crippen molar-refractivity contribution in [2.45, 2.75) is 38.6 Å². The summed E-state index contributed by atoms with van der Waals surface area (Å²) in [5.74, 6) is 3.87. The number of rotatable bonds is 8. The molecule has 1 atom stereocenters. The standard InChI is InChI=1S/C24H24N6O5/c25-22(32)18(11-28-26)27-10-14-4-6-15(7-5-14)13-35-20-3-1-2-16-17(20)12-30(24(16)34)19-8-9-21(31)29-23(19)33/h1-7,11,19H,8-10,12-13,26H2,(H2,25,32)(H,29,31,33). The summed E-state index contributed by atoms with van der Waals surface area (Å²) in [7, 11) is 0. The summed E-state index contributed by atoms with van der Waals surface area (Å²) < 4.78 is 6.01. The number of carbonyl (C=O) groups is 4. The first-order valence-corrected chi connectivity index (χ1v) is 10.9. The number of benzene rings is 2. The Morgan fingerprint density at radius 1 is 1.14 bits per heavy atom. The molecule has 0 aromatic heterocycles. The number of hydrogen-bond donors (Lipinski definition) is 3. The van der Waals surface area contributed by atoms with Gasteiger partial charge in [-0.3, -0.25) is 29.5 Å². The quantitative estimate of drug-likeness (QED) is 0.215. The van der Waals surface area contributed by atoms with Crippen LogP contribution in [-0.4, -0.2) is 46.5 Å². The molecule has 4 rings (SSSR count). The number of nitrogens with one attached hydrogen (secondary N) is 1. The van der Waals surface area contributed by atoms with Crippen molar-refractivity contribution in [3.8, 4) is 5.75 Å². The van der Waals surface area contributed by atoms with Gasteiger partial charge in [0.25, 0.3) is 11.8 Å². The highest BCUT2D eigenvalue weighted by Gasteiger charge is 2.40. The lowest BCUT2D eigenvalue weighted by Gasteiger charge is -2.29. The Bertz CT molecular complexity index is 1240. The monoisotopic (exact) mass is 476 g/mol. The lowest BCUT2D eigenvalue weighted by atomic mass is 10.0. The highest BCUT2D eigenvalue weighted by molar-refractivity contribution is 6.60. The van der Waals surface area contributed by atoms with Crippen molar-refractivity contribution >= 4 is 35.6 Å². The van der Waals surface area contributed by atoms with Crippen molar-refractivity contribution in [2.75, 3.05) is 0 Å². The smallest absolute Gasteiger partial charge is 0.268 e. The van der Waals surface area contributed by atoms with Crippen LogP contribution in [0.15, 0.2) is 52.6 Å². The fourth-order valence-electron chi connectivity index (χ4n) is 4.02. The first-order valence-electron chi connectivity index (χ1n) is 10.9. The molecule has 1 fully saturated rings. The molecule has 2 aliphatic heterocycles. The molecule has 0 bridgehead atoms. The SMILES string of the molecule is NN=CC(=NCc1ccc(COc2cccc3c2CN(C2CCC(=O)NC2=O)C3=O)cc1)C(N)=O. The van der Waals surface area contributed by atoms with E-state index in [1.807, 2.05) is 24.3 Å². The lowest BCUT2D eigenvalue weighted by molar-refractivity contribution is -0.137. The normalized spacial score (nSPS) is 18.1. The third-order valence-electron chi connectivity index (χ3n) is 5.84. The Morgan fingerprint density at radius 3 is 2.57 bits per heavy atom. The first-order chi connectivity index (χ1) is 16.9. The van der Waals surface area contributed by atoms with E-state index in [1.165, 1.54) is 4.90 Å².